The molecule has 0 heterocycles. The number of hydrogen-bond donors (Lipinski definition) is 2. The van der Waals surface area contributed by atoms with E-state index in [0.29, 0.717) is 6.42 Å². The molecule has 94 valence electrons. The van der Waals surface area contributed by atoms with E-state index >= 15 is 0 Å². The number of carbonyl (C=O) groups excluding carboxylic acids is 2. The van der Waals surface area contributed by atoms with Crippen LogP contribution in [0.15, 0.2) is 0 Å². The molecule has 0 bridgehead atoms. The number of esters is 1. The van der Waals surface area contributed by atoms with E-state index in [9.17, 15) is 14.7 Å². The zero-order valence-electron chi connectivity index (χ0n) is 10.4. The first-order chi connectivity index (χ1) is 7.26. The van der Waals surface area contributed by atoms with Crippen molar-refractivity contribution < 1.29 is 19.4 Å². The average Bonchev–Trinajstić information content (AvgIpc) is 2.13. The summed E-state index contributed by atoms with van der Waals surface area (Å²) in [5.41, 5.74) is -0.509. The zero-order chi connectivity index (χ0) is 12.8. The third-order valence-corrected chi connectivity index (χ3v) is 2.23. The van der Waals surface area contributed by atoms with Crippen molar-refractivity contribution in [2.45, 2.75) is 52.2 Å². The van der Waals surface area contributed by atoms with Crippen molar-refractivity contribution in [3.63, 3.8) is 0 Å². The first kappa shape index (κ1) is 14.9. The van der Waals surface area contributed by atoms with Crippen LogP contribution in [0.25, 0.3) is 0 Å². The first-order valence-electron chi connectivity index (χ1n) is 5.41. The Hall–Kier alpha value is -1.10. The predicted octanol–water partition coefficient (Wildman–Crippen LogP) is 0.605. The molecule has 2 N–H and O–H groups in total. The van der Waals surface area contributed by atoms with Gasteiger partial charge in [0, 0.05) is 13.5 Å². The molecule has 0 spiro atoms. The first-order valence-corrected chi connectivity index (χ1v) is 5.41. The summed E-state index contributed by atoms with van der Waals surface area (Å²) in [6.45, 7) is 6.96. The minimum Gasteiger partial charge on any atom is -0.460 e. The van der Waals surface area contributed by atoms with Gasteiger partial charge in [0.15, 0.2) is 0 Å². The zero-order valence-corrected chi connectivity index (χ0v) is 10.4. The van der Waals surface area contributed by atoms with Crippen molar-refractivity contribution in [3.8, 4) is 0 Å². The molecule has 1 unspecified atom stereocenters. The fourth-order valence-corrected chi connectivity index (χ4v) is 0.948. The van der Waals surface area contributed by atoms with Gasteiger partial charge < -0.3 is 15.2 Å². The Kier molecular flexibility index (Phi) is 6.03. The molecular formula is C11H21NO4. The van der Waals surface area contributed by atoms with Crippen molar-refractivity contribution >= 4 is 11.9 Å². The second-order valence-electron chi connectivity index (χ2n) is 4.38. The predicted molar refractivity (Wildman–Crippen MR) is 59.8 cm³/mol. The Balaban J connectivity index is 3.91. The van der Waals surface area contributed by atoms with Gasteiger partial charge in [0.1, 0.15) is 5.60 Å². The summed E-state index contributed by atoms with van der Waals surface area (Å²) in [5, 5.41) is 11.9. The molecule has 5 heteroatoms. The summed E-state index contributed by atoms with van der Waals surface area (Å²) in [6.07, 6.45) is -0.298. The molecule has 5 nitrogen and oxygen atoms in total. The normalized spacial score (nSPS) is 13.1. The lowest BCUT2D eigenvalue weighted by Gasteiger charge is -2.24. The molecule has 0 saturated heterocycles. The molecule has 0 radical (unpaired) electrons. The number of nitrogens with one attached hydrogen (secondary N) is 1. The van der Waals surface area contributed by atoms with Gasteiger partial charge in [0.05, 0.1) is 12.5 Å². The van der Waals surface area contributed by atoms with Crippen LogP contribution in [0, 0.1) is 0 Å². The summed E-state index contributed by atoms with van der Waals surface area (Å²) in [4.78, 5) is 21.9. The molecule has 0 aliphatic heterocycles. The van der Waals surface area contributed by atoms with Crippen LogP contribution in [0.5, 0.6) is 0 Å². The Morgan fingerprint density at radius 1 is 1.44 bits per heavy atom. The Bertz CT molecular complexity index is 250. The quantitative estimate of drug-likeness (QED) is 0.657. The van der Waals surface area contributed by atoms with Gasteiger partial charge in [-0.2, -0.15) is 0 Å². The van der Waals surface area contributed by atoms with Gasteiger partial charge in [0.2, 0.25) is 5.91 Å². The fourth-order valence-electron chi connectivity index (χ4n) is 0.948. The maximum Gasteiger partial charge on any atom is 0.309 e. The van der Waals surface area contributed by atoms with Gasteiger partial charge in [0.25, 0.3) is 0 Å². The van der Waals surface area contributed by atoms with Gasteiger partial charge in [-0.15, -0.1) is 0 Å². The number of carbonyl (C=O) groups is 2. The molecular weight excluding hydrogens is 210 g/mol. The van der Waals surface area contributed by atoms with Crippen LogP contribution in [-0.4, -0.2) is 35.2 Å². The summed E-state index contributed by atoms with van der Waals surface area (Å²) in [6, 6.07) is 0. The number of aliphatic hydroxyl groups excluding tert-OH is 1. The summed E-state index contributed by atoms with van der Waals surface area (Å²) in [7, 11) is 0. The highest BCUT2D eigenvalue weighted by Crippen LogP contribution is 2.14. The van der Waals surface area contributed by atoms with E-state index in [0.717, 1.165) is 0 Å². The largest absolute Gasteiger partial charge is 0.460 e. The fraction of sp³-hybridized carbons (Fsp3) is 0.818. The van der Waals surface area contributed by atoms with Crippen molar-refractivity contribution in [2.75, 3.05) is 6.54 Å². The molecule has 0 aromatic rings. The van der Waals surface area contributed by atoms with Crippen molar-refractivity contribution in [2.24, 2.45) is 0 Å². The van der Waals surface area contributed by atoms with Gasteiger partial charge >= 0.3 is 5.97 Å². The number of rotatable bonds is 6. The number of hydrogen-bond acceptors (Lipinski definition) is 4. The number of aliphatic hydroxyl groups is 1. The standard InChI is InChI=1S/C11H21NO4/c1-5-11(3,4)16-10(15)6-9(14)7-12-8(2)13/h9,14H,5-7H2,1-4H3,(H,12,13). The van der Waals surface area contributed by atoms with Gasteiger partial charge in [-0.1, -0.05) is 6.92 Å². The van der Waals surface area contributed by atoms with Crippen LogP contribution in [-0.2, 0) is 14.3 Å². The second-order valence-corrected chi connectivity index (χ2v) is 4.38. The highest BCUT2D eigenvalue weighted by Gasteiger charge is 2.22. The van der Waals surface area contributed by atoms with E-state index < -0.39 is 17.7 Å². The van der Waals surface area contributed by atoms with E-state index in [1.807, 2.05) is 20.8 Å². The van der Waals surface area contributed by atoms with Gasteiger partial charge in [-0.05, 0) is 20.3 Å². The summed E-state index contributed by atoms with van der Waals surface area (Å²) >= 11 is 0. The van der Waals surface area contributed by atoms with Gasteiger partial charge in [-0.25, -0.2) is 0 Å². The second kappa shape index (κ2) is 6.48. The molecule has 1 atom stereocenters. The summed E-state index contributed by atoms with van der Waals surface area (Å²) < 4.78 is 5.15. The number of ether oxygens (including phenoxy) is 1. The van der Waals surface area contributed by atoms with Gasteiger partial charge in [-0.3, -0.25) is 9.59 Å². The topological polar surface area (TPSA) is 75.6 Å². The van der Waals surface area contributed by atoms with E-state index in [1.54, 1.807) is 0 Å². The monoisotopic (exact) mass is 231 g/mol. The molecule has 0 saturated carbocycles. The molecule has 0 rings (SSSR count). The Labute approximate surface area is 96.2 Å². The van der Waals surface area contributed by atoms with Crippen molar-refractivity contribution in [3.05, 3.63) is 0 Å². The minimum absolute atomic E-state index is 0.0665. The minimum atomic E-state index is -0.899. The van der Waals surface area contributed by atoms with Crippen molar-refractivity contribution in [1.29, 1.82) is 0 Å². The lowest BCUT2D eigenvalue weighted by molar-refractivity contribution is -0.159. The Morgan fingerprint density at radius 3 is 2.44 bits per heavy atom. The third kappa shape index (κ3) is 7.23. The molecule has 0 aromatic carbocycles. The molecule has 1 amide bonds. The molecule has 0 aromatic heterocycles. The lowest BCUT2D eigenvalue weighted by atomic mass is 10.1. The van der Waals surface area contributed by atoms with Crippen LogP contribution in [0.1, 0.15) is 40.5 Å². The molecule has 0 fully saturated rings. The average molecular weight is 231 g/mol. The highest BCUT2D eigenvalue weighted by atomic mass is 16.6. The summed E-state index contributed by atoms with van der Waals surface area (Å²) in [5.74, 6) is -0.689. The van der Waals surface area contributed by atoms with E-state index in [-0.39, 0.29) is 18.9 Å². The third-order valence-electron chi connectivity index (χ3n) is 2.23. The smallest absolute Gasteiger partial charge is 0.309 e. The van der Waals surface area contributed by atoms with Crippen LogP contribution in [0.2, 0.25) is 0 Å². The molecule has 0 aliphatic carbocycles. The molecule has 16 heavy (non-hydrogen) atoms. The maximum absolute atomic E-state index is 11.4. The number of amides is 1. The van der Waals surface area contributed by atoms with E-state index in [2.05, 4.69) is 5.32 Å². The van der Waals surface area contributed by atoms with Crippen LogP contribution < -0.4 is 5.32 Å². The molecule has 0 aliphatic rings. The van der Waals surface area contributed by atoms with Crippen LogP contribution in [0.4, 0.5) is 0 Å². The lowest BCUT2D eigenvalue weighted by Crippen LogP contribution is -2.34. The van der Waals surface area contributed by atoms with E-state index in [1.165, 1.54) is 6.92 Å². The SMILES string of the molecule is CCC(C)(C)OC(=O)CC(O)CNC(C)=O. The van der Waals surface area contributed by atoms with E-state index in [4.69, 9.17) is 4.74 Å². The Morgan fingerprint density at radius 2 is 2.00 bits per heavy atom. The van der Waals surface area contributed by atoms with Crippen LogP contribution >= 0.6 is 0 Å². The maximum atomic E-state index is 11.4. The highest BCUT2D eigenvalue weighted by molar-refractivity contribution is 5.73. The van der Waals surface area contributed by atoms with Crippen LogP contribution in [0.3, 0.4) is 0 Å². The van der Waals surface area contributed by atoms with Crippen molar-refractivity contribution in [1.82, 2.24) is 5.32 Å².